The Bertz CT molecular complexity index is 621. The molecule has 6 heteroatoms. The maximum absolute atomic E-state index is 13.9. The minimum Gasteiger partial charge on any atom is -0.475 e. The van der Waals surface area contributed by atoms with Gasteiger partial charge in [-0.25, -0.2) is 14.2 Å². The number of halogens is 1. The minimum atomic E-state index is -1.26. The second-order valence-corrected chi connectivity index (χ2v) is 3.97. The van der Waals surface area contributed by atoms with Crippen LogP contribution in [0, 0.1) is 12.7 Å². The zero-order chi connectivity index (χ0) is 14.0. The summed E-state index contributed by atoms with van der Waals surface area (Å²) in [7, 11) is 1.41. The molecular formula is C13H12FNO4. The molecule has 1 N–H and O–H groups in total. The Morgan fingerprint density at radius 1 is 1.53 bits per heavy atom. The largest absolute Gasteiger partial charge is 0.475 e. The lowest BCUT2D eigenvalue weighted by Crippen LogP contribution is -2.00. The molecule has 1 heterocycles. The monoisotopic (exact) mass is 265 g/mol. The number of rotatable bonds is 4. The molecule has 0 aliphatic heterocycles. The van der Waals surface area contributed by atoms with Crippen molar-refractivity contribution >= 4 is 5.97 Å². The lowest BCUT2D eigenvalue weighted by Gasteiger charge is -2.00. The van der Waals surface area contributed by atoms with Crippen LogP contribution in [-0.4, -0.2) is 23.2 Å². The molecule has 0 atom stereocenters. The molecule has 2 aromatic rings. The molecule has 0 radical (unpaired) electrons. The van der Waals surface area contributed by atoms with Gasteiger partial charge in [-0.1, -0.05) is 12.1 Å². The van der Waals surface area contributed by atoms with Gasteiger partial charge in [0.25, 0.3) is 0 Å². The number of hydrogen-bond acceptors (Lipinski definition) is 4. The van der Waals surface area contributed by atoms with Crippen LogP contribution in [0.2, 0.25) is 0 Å². The maximum Gasteiger partial charge on any atom is 0.373 e. The van der Waals surface area contributed by atoms with E-state index >= 15 is 0 Å². The number of aromatic carboxylic acids is 1. The van der Waals surface area contributed by atoms with Crippen molar-refractivity contribution in [2.45, 2.75) is 13.5 Å². The molecule has 0 aliphatic rings. The third kappa shape index (κ3) is 2.48. The van der Waals surface area contributed by atoms with Crippen LogP contribution in [0.25, 0.3) is 11.5 Å². The third-order valence-electron chi connectivity index (χ3n) is 2.59. The summed E-state index contributed by atoms with van der Waals surface area (Å²) in [6, 6.07) is 4.74. The molecule has 0 bridgehead atoms. The SMILES string of the molecule is COCc1nc(-c2cccc(C)c2F)oc1C(=O)O. The van der Waals surface area contributed by atoms with Crippen molar-refractivity contribution in [3.05, 3.63) is 41.0 Å². The Hall–Kier alpha value is -2.21. The van der Waals surface area contributed by atoms with E-state index < -0.39 is 11.8 Å². The number of benzene rings is 1. The quantitative estimate of drug-likeness (QED) is 0.919. The molecule has 0 aliphatic carbocycles. The van der Waals surface area contributed by atoms with Gasteiger partial charge in [0.15, 0.2) is 0 Å². The van der Waals surface area contributed by atoms with Crippen LogP contribution in [0.15, 0.2) is 22.6 Å². The van der Waals surface area contributed by atoms with E-state index in [4.69, 9.17) is 14.3 Å². The molecule has 5 nitrogen and oxygen atoms in total. The zero-order valence-corrected chi connectivity index (χ0v) is 10.4. The first kappa shape index (κ1) is 13.2. The van der Waals surface area contributed by atoms with E-state index in [-0.39, 0.29) is 29.5 Å². The van der Waals surface area contributed by atoms with E-state index in [2.05, 4.69) is 4.98 Å². The van der Waals surface area contributed by atoms with Crippen LogP contribution in [0.4, 0.5) is 4.39 Å². The van der Waals surface area contributed by atoms with Gasteiger partial charge in [-0.3, -0.25) is 0 Å². The maximum atomic E-state index is 13.9. The summed E-state index contributed by atoms with van der Waals surface area (Å²) in [6.45, 7) is 1.59. The van der Waals surface area contributed by atoms with Crippen molar-refractivity contribution in [3.63, 3.8) is 0 Å². The predicted octanol–water partition coefficient (Wildman–Crippen LogP) is 2.63. The normalized spacial score (nSPS) is 10.7. The number of carboxylic acid groups (broad SMARTS) is 1. The molecule has 1 aromatic heterocycles. The van der Waals surface area contributed by atoms with Crippen molar-refractivity contribution in [1.82, 2.24) is 4.98 Å². The molecule has 1 aromatic carbocycles. The average Bonchev–Trinajstić information content (AvgIpc) is 2.77. The molecule has 0 saturated heterocycles. The first-order valence-electron chi connectivity index (χ1n) is 5.52. The van der Waals surface area contributed by atoms with Crippen LogP contribution >= 0.6 is 0 Å². The van der Waals surface area contributed by atoms with Crippen molar-refractivity contribution in [2.75, 3.05) is 7.11 Å². The molecule has 100 valence electrons. The van der Waals surface area contributed by atoms with E-state index in [0.717, 1.165) is 0 Å². The van der Waals surface area contributed by atoms with Crippen molar-refractivity contribution in [1.29, 1.82) is 0 Å². The van der Waals surface area contributed by atoms with Crippen LogP contribution < -0.4 is 0 Å². The second kappa shape index (κ2) is 5.19. The molecule has 19 heavy (non-hydrogen) atoms. The summed E-state index contributed by atoms with van der Waals surface area (Å²) in [5.74, 6) is -2.15. The van der Waals surface area contributed by atoms with Gasteiger partial charge in [0.05, 0.1) is 12.2 Å². The summed E-state index contributed by atoms with van der Waals surface area (Å²) in [5.41, 5.74) is 0.691. The molecule has 0 saturated carbocycles. The van der Waals surface area contributed by atoms with E-state index in [1.165, 1.54) is 13.2 Å². The zero-order valence-electron chi connectivity index (χ0n) is 10.4. The Labute approximate surface area is 108 Å². The molecule has 0 fully saturated rings. The first-order valence-corrected chi connectivity index (χ1v) is 5.52. The lowest BCUT2D eigenvalue weighted by molar-refractivity contribution is 0.0656. The standard InChI is InChI=1S/C13H12FNO4/c1-7-4-3-5-8(10(7)14)12-15-9(6-18-2)11(19-12)13(16)17/h3-5H,6H2,1-2H3,(H,16,17). The molecule has 0 amide bonds. The van der Waals surface area contributed by atoms with Crippen LogP contribution in [0.3, 0.4) is 0 Å². The predicted molar refractivity (Wildman–Crippen MR) is 64.3 cm³/mol. The topological polar surface area (TPSA) is 72.6 Å². The smallest absolute Gasteiger partial charge is 0.373 e. The summed E-state index contributed by atoms with van der Waals surface area (Å²) >= 11 is 0. The van der Waals surface area contributed by atoms with E-state index in [1.807, 2.05) is 0 Å². The summed E-state index contributed by atoms with van der Waals surface area (Å²) in [6.07, 6.45) is 0. The Morgan fingerprint density at radius 2 is 2.26 bits per heavy atom. The summed E-state index contributed by atoms with van der Waals surface area (Å²) in [4.78, 5) is 15.0. The number of ether oxygens (including phenoxy) is 1. The van der Waals surface area contributed by atoms with Gasteiger partial charge in [-0.15, -0.1) is 0 Å². The average molecular weight is 265 g/mol. The number of hydrogen-bond donors (Lipinski definition) is 1. The number of aromatic nitrogens is 1. The minimum absolute atomic E-state index is 0.0153. The van der Waals surface area contributed by atoms with Crippen LogP contribution in [0.5, 0.6) is 0 Å². The van der Waals surface area contributed by atoms with E-state index in [9.17, 15) is 9.18 Å². The highest BCUT2D eigenvalue weighted by atomic mass is 19.1. The second-order valence-electron chi connectivity index (χ2n) is 3.97. The number of nitrogens with zero attached hydrogens (tertiary/aromatic N) is 1. The van der Waals surface area contributed by atoms with Gasteiger partial charge >= 0.3 is 5.97 Å². The fourth-order valence-corrected chi connectivity index (χ4v) is 1.68. The fourth-order valence-electron chi connectivity index (χ4n) is 1.68. The number of carbonyl (C=O) groups is 1. The molecule has 2 rings (SSSR count). The highest BCUT2D eigenvalue weighted by molar-refractivity contribution is 5.86. The lowest BCUT2D eigenvalue weighted by atomic mass is 10.1. The third-order valence-corrected chi connectivity index (χ3v) is 2.59. The molecule has 0 spiro atoms. The highest BCUT2D eigenvalue weighted by Crippen LogP contribution is 2.26. The Morgan fingerprint density at radius 3 is 2.89 bits per heavy atom. The van der Waals surface area contributed by atoms with E-state index in [0.29, 0.717) is 5.56 Å². The van der Waals surface area contributed by atoms with Crippen molar-refractivity contribution in [2.24, 2.45) is 0 Å². The summed E-state index contributed by atoms with van der Waals surface area (Å²) in [5, 5.41) is 8.99. The van der Waals surface area contributed by atoms with E-state index in [1.54, 1.807) is 19.1 Å². The Balaban J connectivity index is 2.54. The Kier molecular flexibility index (Phi) is 3.62. The first-order chi connectivity index (χ1) is 9.04. The molecular weight excluding hydrogens is 253 g/mol. The fraction of sp³-hybridized carbons (Fsp3) is 0.231. The number of oxazole rings is 1. The number of aryl methyl sites for hydroxylation is 1. The van der Waals surface area contributed by atoms with Gasteiger partial charge < -0.3 is 14.3 Å². The van der Waals surface area contributed by atoms with Crippen LogP contribution in [-0.2, 0) is 11.3 Å². The van der Waals surface area contributed by atoms with Gasteiger partial charge in [-0.2, -0.15) is 0 Å². The van der Waals surface area contributed by atoms with Gasteiger partial charge in [0.1, 0.15) is 11.5 Å². The van der Waals surface area contributed by atoms with Gasteiger partial charge in [0, 0.05) is 7.11 Å². The van der Waals surface area contributed by atoms with Crippen molar-refractivity contribution in [3.8, 4) is 11.5 Å². The molecule has 0 unspecified atom stereocenters. The summed E-state index contributed by atoms with van der Waals surface area (Å²) < 4.78 is 23.9. The van der Waals surface area contributed by atoms with Crippen LogP contribution in [0.1, 0.15) is 21.8 Å². The van der Waals surface area contributed by atoms with Gasteiger partial charge in [-0.05, 0) is 18.6 Å². The highest BCUT2D eigenvalue weighted by Gasteiger charge is 2.22. The number of methoxy groups -OCH3 is 1. The number of carboxylic acids is 1. The van der Waals surface area contributed by atoms with Crippen molar-refractivity contribution < 1.29 is 23.4 Å². The van der Waals surface area contributed by atoms with Gasteiger partial charge in [0.2, 0.25) is 11.7 Å².